The van der Waals surface area contributed by atoms with E-state index in [9.17, 15) is 0 Å². The number of aromatic nitrogens is 2. The van der Waals surface area contributed by atoms with Gasteiger partial charge in [0.1, 0.15) is 0 Å². The summed E-state index contributed by atoms with van der Waals surface area (Å²) in [4.78, 5) is 2.65. The summed E-state index contributed by atoms with van der Waals surface area (Å²) in [5.41, 5.74) is 27.9. The van der Waals surface area contributed by atoms with Crippen LogP contribution in [0.15, 0.2) is 152 Å². The molecule has 2 aromatic heterocycles. The van der Waals surface area contributed by atoms with Gasteiger partial charge in [-0.05, 0) is 165 Å². The lowest BCUT2D eigenvalue weighted by atomic mass is 9.44. The van der Waals surface area contributed by atoms with Crippen molar-refractivity contribution in [3.8, 4) is 39.2 Å². The lowest BCUT2D eigenvalue weighted by Crippen LogP contribution is -2.57. The van der Waals surface area contributed by atoms with E-state index in [0.29, 0.717) is 0 Å². The largest absolute Gasteiger partial charge is 0.375 e. The molecule has 0 amide bonds. The predicted octanol–water partition coefficient (Wildman–Crippen LogP) is 20.6. The number of anilines is 3. The van der Waals surface area contributed by atoms with Crippen LogP contribution in [0.25, 0.3) is 71.9 Å². The van der Waals surface area contributed by atoms with Crippen LogP contribution in [0.3, 0.4) is 0 Å². The van der Waals surface area contributed by atoms with Crippen molar-refractivity contribution >= 4 is 67.5 Å². The van der Waals surface area contributed by atoms with Crippen LogP contribution in [0.2, 0.25) is 0 Å². The van der Waals surface area contributed by atoms with Crippen LogP contribution in [0, 0.1) is 0 Å². The topological polar surface area (TPSA) is 13.1 Å². The minimum absolute atomic E-state index is 0.00142. The Bertz CT molecular complexity index is 4180. The Morgan fingerprint density at radius 2 is 0.732 bits per heavy atom. The van der Waals surface area contributed by atoms with E-state index in [1.165, 1.54) is 133 Å². The summed E-state index contributed by atoms with van der Waals surface area (Å²) in [7, 11) is 0. The van der Waals surface area contributed by atoms with E-state index in [1.54, 1.807) is 0 Å². The Kier molecular flexibility index (Phi) is 12.3. The van der Waals surface area contributed by atoms with Gasteiger partial charge in [-0.2, -0.15) is 0 Å². The van der Waals surface area contributed by atoms with Crippen molar-refractivity contribution in [3.63, 3.8) is 0 Å². The highest BCUT2D eigenvalue weighted by atomic mass is 15.2. The maximum atomic E-state index is 2.83. The molecular formula is C78H88BN3. The maximum absolute atomic E-state index is 2.83. The van der Waals surface area contributed by atoms with Crippen LogP contribution in [-0.2, 0) is 37.9 Å². The molecule has 2 aliphatic heterocycles. The van der Waals surface area contributed by atoms with Gasteiger partial charge in [0.25, 0.3) is 0 Å². The Labute approximate surface area is 491 Å². The fraction of sp³-hybridized carbons (Fsp3) is 0.359. The molecule has 0 N–H and O–H groups in total. The van der Waals surface area contributed by atoms with E-state index < -0.39 is 0 Å². The van der Waals surface area contributed by atoms with Crippen molar-refractivity contribution in [2.75, 3.05) is 4.90 Å². The number of fused-ring (bicyclic) bond motifs is 7. The monoisotopic (exact) mass is 1080 g/mol. The zero-order chi connectivity index (χ0) is 58.9. The van der Waals surface area contributed by atoms with Crippen LogP contribution in [-0.4, -0.2) is 15.9 Å². The number of hydrogen-bond acceptors (Lipinski definition) is 1. The van der Waals surface area contributed by atoms with Gasteiger partial charge in [-0.1, -0.05) is 236 Å². The summed E-state index contributed by atoms with van der Waals surface area (Å²) in [5.74, 6) is 0. The van der Waals surface area contributed by atoms with Gasteiger partial charge >= 0.3 is 6.85 Å². The molecule has 3 nitrogen and oxygen atoms in total. The number of hydrogen-bond donors (Lipinski definition) is 0. The minimum atomic E-state index is -0.186. The van der Waals surface area contributed by atoms with E-state index in [1.807, 2.05) is 0 Å². The third-order valence-corrected chi connectivity index (χ3v) is 18.4. The van der Waals surface area contributed by atoms with Crippen molar-refractivity contribution in [2.24, 2.45) is 0 Å². The van der Waals surface area contributed by atoms with Crippen molar-refractivity contribution in [1.29, 1.82) is 0 Å². The molecule has 4 heteroatoms. The first-order chi connectivity index (χ1) is 38.1. The van der Waals surface area contributed by atoms with Gasteiger partial charge < -0.3 is 13.9 Å². The lowest BCUT2D eigenvalue weighted by molar-refractivity contribution is 0.589. The summed E-state index contributed by atoms with van der Waals surface area (Å²) in [6.07, 6.45) is 0. The molecule has 0 aliphatic carbocycles. The van der Waals surface area contributed by atoms with Crippen LogP contribution >= 0.6 is 0 Å². The van der Waals surface area contributed by atoms with Crippen molar-refractivity contribution < 1.29 is 0 Å². The molecular weight excluding hydrogens is 990 g/mol. The van der Waals surface area contributed by atoms with Gasteiger partial charge in [-0.3, -0.25) is 0 Å². The number of benzene rings is 8. The fourth-order valence-corrected chi connectivity index (χ4v) is 13.2. The average Bonchev–Trinajstić information content (AvgIpc) is 4.04. The second-order valence-electron chi connectivity index (χ2n) is 31.7. The van der Waals surface area contributed by atoms with Crippen LogP contribution in [0.5, 0.6) is 0 Å². The van der Waals surface area contributed by atoms with Gasteiger partial charge in [-0.25, -0.2) is 0 Å². The first kappa shape index (κ1) is 55.5. The molecule has 0 unspecified atom stereocenters. The van der Waals surface area contributed by atoms with E-state index in [0.717, 1.165) is 5.69 Å². The first-order valence-corrected chi connectivity index (χ1v) is 30.4. The van der Waals surface area contributed by atoms with Gasteiger partial charge in [0, 0.05) is 61.2 Å². The zero-order valence-electron chi connectivity index (χ0n) is 53.4. The normalized spacial score (nSPS) is 14.1. The van der Waals surface area contributed by atoms with Gasteiger partial charge in [0.15, 0.2) is 0 Å². The van der Waals surface area contributed by atoms with Crippen LogP contribution in [0.1, 0.15) is 184 Å². The van der Waals surface area contributed by atoms with Crippen molar-refractivity contribution in [1.82, 2.24) is 9.05 Å². The summed E-state index contributed by atoms with van der Waals surface area (Å²) in [5, 5.41) is 3.86. The highest BCUT2D eigenvalue weighted by Gasteiger charge is 2.46. The Morgan fingerprint density at radius 1 is 0.317 bits per heavy atom. The summed E-state index contributed by atoms with van der Waals surface area (Å²) in [6, 6.07) is 60.9. The minimum Gasteiger partial charge on any atom is -0.375 e. The SMILES string of the molecule is CC(C)(C)c1ccc(-c2c(-c3ccc(C(C)(C)C)cc3)n3c4c(cc(C(C)(C)C)cc24)-c2cc(C(C)(C)C)cc4c2B3c2cc3c5cc(C(C)(C)C)ccc5n(-c5ccc(C(C)(C)C)cc5)c3cc2N4c2ccc(C(C)(C)C)cc2)cc1. The van der Waals surface area contributed by atoms with Gasteiger partial charge in [-0.15, -0.1) is 0 Å². The third kappa shape index (κ3) is 9.08. The summed E-state index contributed by atoms with van der Waals surface area (Å²) < 4.78 is 5.38. The molecule has 4 heterocycles. The van der Waals surface area contributed by atoms with Crippen LogP contribution in [0.4, 0.5) is 17.1 Å². The molecule has 12 rings (SSSR count). The zero-order valence-corrected chi connectivity index (χ0v) is 53.4. The second-order valence-corrected chi connectivity index (χ2v) is 31.7. The molecule has 0 atom stereocenters. The van der Waals surface area contributed by atoms with Crippen LogP contribution < -0.4 is 15.8 Å². The van der Waals surface area contributed by atoms with Gasteiger partial charge in [0.2, 0.25) is 0 Å². The van der Waals surface area contributed by atoms with E-state index in [4.69, 9.17) is 0 Å². The molecule has 8 aromatic carbocycles. The van der Waals surface area contributed by atoms with E-state index in [-0.39, 0.29) is 44.8 Å². The first-order valence-electron chi connectivity index (χ1n) is 30.4. The van der Waals surface area contributed by atoms with E-state index in [2.05, 4.69) is 311 Å². The molecule has 10 aromatic rings. The molecule has 0 radical (unpaired) electrons. The molecule has 0 fully saturated rings. The molecule has 418 valence electrons. The maximum Gasteiger partial charge on any atom is 0.333 e. The summed E-state index contributed by atoms with van der Waals surface area (Å²) >= 11 is 0. The molecule has 0 bridgehead atoms. The number of nitrogens with zero attached hydrogens (tertiary/aromatic N) is 3. The van der Waals surface area contributed by atoms with Gasteiger partial charge in [0.05, 0.1) is 11.0 Å². The standard InChI is InChI=1S/C78H88BN3/c1-72(2,3)49-26-22-47(23-27-49)68-62-43-54(77(16,17)18)42-61-60-41-55(78(19,20)21)44-67-69(60)79(82(71(61)62)70(68)48-24-28-50(29-25-48)73(4,5)6)63-45-59-58-40-53(76(13,14)15)34-39-64(58)80(56-35-30-51(31-36-56)74(7,8)9)65(59)46-66(63)81(67)57-37-32-52(33-38-57)75(10,11)12/h22-46H,1-21H3. The Hall–Kier alpha value is -7.04. The predicted molar refractivity (Wildman–Crippen MR) is 359 cm³/mol. The fourth-order valence-electron chi connectivity index (χ4n) is 13.2. The Morgan fingerprint density at radius 3 is 1.23 bits per heavy atom. The number of rotatable bonds is 4. The molecule has 82 heavy (non-hydrogen) atoms. The molecule has 0 saturated heterocycles. The van der Waals surface area contributed by atoms with Crippen molar-refractivity contribution in [3.05, 3.63) is 191 Å². The molecule has 0 saturated carbocycles. The van der Waals surface area contributed by atoms with Crippen molar-refractivity contribution in [2.45, 2.75) is 183 Å². The average molecular weight is 1080 g/mol. The lowest BCUT2D eigenvalue weighted by Gasteiger charge is -2.42. The Balaban J connectivity index is 1.30. The smallest absolute Gasteiger partial charge is 0.333 e. The second kappa shape index (κ2) is 18.2. The molecule has 0 spiro atoms. The summed E-state index contributed by atoms with van der Waals surface area (Å²) in [6.45, 7) is 49.0. The third-order valence-electron chi connectivity index (χ3n) is 18.4. The highest BCUT2D eigenvalue weighted by Crippen LogP contribution is 2.53. The molecule has 2 aliphatic rings. The van der Waals surface area contributed by atoms with E-state index >= 15 is 0 Å². The highest BCUT2D eigenvalue weighted by molar-refractivity contribution is 6.90. The quantitative estimate of drug-likeness (QED) is 0.160.